The van der Waals surface area contributed by atoms with Gasteiger partial charge in [0.05, 0.1) is 11.4 Å². The van der Waals surface area contributed by atoms with E-state index in [0.29, 0.717) is 32.9 Å². The largest absolute Gasteiger partial charge is 0.325 e. The average Bonchev–Trinajstić information content (AvgIpc) is 2.91. The number of nitrogens with zero attached hydrogens (tertiary/aromatic N) is 1. The summed E-state index contributed by atoms with van der Waals surface area (Å²) in [7, 11) is 0. The number of anilines is 2. The van der Waals surface area contributed by atoms with Gasteiger partial charge in [-0.1, -0.05) is 60.1 Å². The lowest BCUT2D eigenvalue weighted by molar-refractivity contribution is -0.113. The van der Waals surface area contributed by atoms with Crippen LogP contribution in [0.3, 0.4) is 0 Å². The lowest BCUT2D eigenvalue weighted by Crippen LogP contribution is -2.40. The molecule has 1 N–H and O–H groups in total. The summed E-state index contributed by atoms with van der Waals surface area (Å²) in [6.45, 7) is 0. The minimum Gasteiger partial charge on any atom is -0.325 e. The zero-order valence-electron chi connectivity index (χ0n) is 19.4. The Morgan fingerprint density at radius 1 is 0.730 bits per heavy atom. The van der Waals surface area contributed by atoms with Crippen LogP contribution < -0.4 is 10.2 Å². The molecule has 1 aliphatic heterocycles. The first-order valence-electron chi connectivity index (χ1n) is 11.6. The van der Waals surface area contributed by atoms with E-state index in [0.717, 1.165) is 21.1 Å². The summed E-state index contributed by atoms with van der Waals surface area (Å²) in [4.78, 5) is 41.3. The van der Waals surface area contributed by atoms with E-state index in [1.165, 1.54) is 16.7 Å². The number of benzene rings is 5. The van der Waals surface area contributed by atoms with Crippen molar-refractivity contribution in [3.05, 3.63) is 113 Å². The van der Waals surface area contributed by atoms with Crippen LogP contribution in [0.25, 0.3) is 21.5 Å². The van der Waals surface area contributed by atoms with Crippen LogP contribution in [0.5, 0.6) is 0 Å². The predicted molar refractivity (Wildman–Crippen MR) is 150 cm³/mol. The van der Waals surface area contributed by atoms with Gasteiger partial charge in [-0.25, -0.2) is 4.90 Å². The summed E-state index contributed by atoms with van der Waals surface area (Å²) in [6.07, 6.45) is 0. The van der Waals surface area contributed by atoms with E-state index in [4.69, 9.17) is 11.6 Å². The highest BCUT2D eigenvalue weighted by molar-refractivity contribution is 8.00. The molecule has 0 atom stereocenters. The molecule has 0 aliphatic carbocycles. The van der Waals surface area contributed by atoms with E-state index < -0.39 is 0 Å². The Balaban J connectivity index is 1.18. The summed E-state index contributed by atoms with van der Waals surface area (Å²) in [5.74, 6) is -0.698. The highest BCUT2D eigenvalue weighted by Crippen LogP contribution is 2.34. The molecule has 180 valence electrons. The normalized spacial score (nSPS) is 12.8. The zero-order chi connectivity index (χ0) is 25.5. The van der Waals surface area contributed by atoms with Crippen molar-refractivity contribution in [2.75, 3.05) is 16.0 Å². The fourth-order valence-electron chi connectivity index (χ4n) is 4.68. The van der Waals surface area contributed by atoms with Gasteiger partial charge in [0.25, 0.3) is 11.8 Å². The SMILES string of the molecule is O=C(CSc1cccc2cccc(Cl)c12)Nc1ccc(N2C(=O)c3cccc4cccc(c34)C2=O)cc1. The van der Waals surface area contributed by atoms with E-state index in [1.807, 2.05) is 60.7 Å². The fourth-order valence-corrected chi connectivity index (χ4v) is 5.93. The number of halogens is 1. The maximum atomic E-state index is 13.2. The standard InChI is InChI=1S/C30H19ClN2O3S/c31-24-11-3-7-19-8-4-12-25(28(19)24)37-17-26(34)32-20-13-15-21(16-14-20)33-29(35)22-9-1-5-18-6-2-10-23(27(18)22)30(33)36/h1-16H,17H2,(H,32,34). The molecule has 1 aliphatic rings. The number of amides is 3. The van der Waals surface area contributed by atoms with E-state index in [1.54, 1.807) is 36.4 Å². The first-order valence-corrected chi connectivity index (χ1v) is 13.0. The number of carbonyl (C=O) groups excluding carboxylic acids is 3. The molecule has 5 aromatic rings. The van der Waals surface area contributed by atoms with Gasteiger partial charge in [-0.3, -0.25) is 14.4 Å². The van der Waals surface area contributed by atoms with Crippen molar-refractivity contribution < 1.29 is 14.4 Å². The second-order valence-electron chi connectivity index (χ2n) is 8.63. The first-order chi connectivity index (χ1) is 18.0. The molecule has 0 bridgehead atoms. The molecule has 0 fully saturated rings. The van der Waals surface area contributed by atoms with E-state index >= 15 is 0 Å². The molecule has 0 spiro atoms. The highest BCUT2D eigenvalue weighted by atomic mass is 35.5. The molecule has 6 rings (SSSR count). The van der Waals surface area contributed by atoms with E-state index in [9.17, 15) is 14.4 Å². The third-order valence-corrected chi connectivity index (χ3v) is 7.73. The number of rotatable bonds is 5. The maximum absolute atomic E-state index is 13.2. The van der Waals surface area contributed by atoms with Crippen LogP contribution in [0, 0.1) is 0 Å². The van der Waals surface area contributed by atoms with Crippen molar-refractivity contribution in [3.8, 4) is 0 Å². The number of hydrogen-bond donors (Lipinski definition) is 1. The molecule has 3 amide bonds. The van der Waals surface area contributed by atoms with Gasteiger partial charge in [0.1, 0.15) is 0 Å². The topological polar surface area (TPSA) is 66.5 Å². The lowest BCUT2D eigenvalue weighted by Gasteiger charge is -2.27. The average molecular weight is 523 g/mol. The fraction of sp³-hybridized carbons (Fsp3) is 0.0333. The molecular formula is C30H19ClN2O3S. The zero-order valence-corrected chi connectivity index (χ0v) is 21.0. The molecule has 5 nitrogen and oxygen atoms in total. The number of nitrogens with one attached hydrogen (secondary N) is 1. The van der Waals surface area contributed by atoms with E-state index in [-0.39, 0.29) is 23.5 Å². The third-order valence-electron chi connectivity index (χ3n) is 6.36. The molecule has 7 heteroatoms. The molecule has 0 unspecified atom stereocenters. The van der Waals surface area contributed by atoms with Crippen LogP contribution in [0.4, 0.5) is 11.4 Å². The van der Waals surface area contributed by atoms with Crippen LogP contribution in [0.1, 0.15) is 20.7 Å². The van der Waals surface area contributed by atoms with Gasteiger partial charge in [0.15, 0.2) is 0 Å². The van der Waals surface area contributed by atoms with Crippen molar-refractivity contribution >= 4 is 74.0 Å². The third kappa shape index (κ3) is 4.14. The minimum absolute atomic E-state index is 0.174. The molecule has 0 saturated heterocycles. The monoisotopic (exact) mass is 522 g/mol. The quantitative estimate of drug-likeness (QED) is 0.196. The number of hydrogen-bond acceptors (Lipinski definition) is 4. The van der Waals surface area contributed by atoms with E-state index in [2.05, 4.69) is 5.32 Å². The molecular weight excluding hydrogens is 504 g/mol. The van der Waals surface area contributed by atoms with Gasteiger partial charge in [-0.15, -0.1) is 11.8 Å². The Morgan fingerprint density at radius 3 is 1.95 bits per heavy atom. The van der Waals surface area contributed by atoms with Crippen molar-refractivity contribution in [1.82, 2.24) is 0 Å². The van der Waals surface area contributed by atoms with Crippen LogP contribution in [0.2, 0.25) is 5.02 Å². The summed E-state index contributed by atoms with van der Waals surface area (Å²) < 4.78 is 0. The van der Waals surface area contributed by atoms with Crippen molar-refractivity contribution in [2.45, 2.75) is 4.90 Å². The van der Waals surface area contributed by atoms with Gasteiger partial charge in [-0.2, -0.15) is 0 Å². The number of fused-ring (bicyclic) bond motifs is 1. The van der Waals surface area contributed by atoms with Gasteiger partial charge >= 0.3 is 0 Å². The summed E-state index contributed by atoms with van der Waals surface area (Å²) in [6, 6.07) is 29.2. The van der Waals surface area contributed by atoms with Gasteiger partial charge in [0.2, 0.25) is 5.91 Å². The van der Waals surface area contributed by atoms with Crippen LogP contribution in [0.15, 0.2) is 102 Å². The van der Waals surface area contributed by atoms with Crippen LogP contribution >= 0.6 is 23.4 Å². The molecule has 1 heterocycles. The van der Waals surface area contributed by atoms with Crippen LogP contribution in [-0.4, -0.2) is 23.5 Å². The summed E-state index contributed by atoms with van der Waals surface area (Å²) in [5, 5.41) is 7.03. The Kier molecular flexibility index (Phi) is 5.91. The highest BCUT2D eigenvalue weighted by Gasteiger charge is 2.33. The van der Waals surface area contributed by atoms with Crippen LogP contribution in [-0.2, 0) is 4.79 Å². The summed E-state index contributed by atoms with van der Waals surface area (Å²) in [5.41, 5.74) is 2.01. The number of imide groups is 1. The molecule has 37 heavy (non-hydrogen) atoms. The Bertz CT molecular complexity index is 1680. The Morgan fingerprint density at radius 2 is 1.30 bits per heavy atom. The van der Waals surface area contributed by atoms with Gasteiger partial charge in [-0.05, 0) is 59.3 Å². The maximum Gasteiger partial charge on any atom is 0.265 e. The molecule has 0 radical (unpaired) electrons. The van der Waals surface area contributed by atoms with Crippen molar-refractivity contribution in [2.24, 2.45) is 0 Å². The van der Waals surface area contributed by atoms with Crippen molar-refractivity contribution in [1.29, 1.82) is 0 Å². The Hall–Kier alpha value is -4.13. The minimum atomic E-state index is -0.365. The summed E-state index contributed by atoms with van der Waals surface area (Å²) >= 11 is 7.81. The van der Waals surface area contributed by atoms with Gasteiger partial charge in [0, 0.05) is 37.5 Å². The van der Waals surface area contributed by atoms with Crippen molar-refractivity contribution in [3.63, 3.8) is 0 Å². The molecule has 5 aromatic carbocycles. The second-order valence-corrected chi connectivity index (χ2v) is 10.1. The lowest BCUT2D eigenvalue weighted by atomic mass is 9.94. The second kappa shape index (κ2) is 9.39. The van der Waals surface area contributed by atoms with Gasteiger partial charge < -0.3 is 5.32 Å². The smallest absolute Gasteiger partial charge is 0.265 e. The first kappa shape index (κ1) is 23.3. The number of thioether (sulfide) groups is 1. The predicted octanol–water partition coefficient (Wildman–Crippen LogP) is 7.18. The molecule has 0 aromatic heterocycles. The molecule has 0 saturated carbocycles. The number of carbonyl (C=O) groups is 3. The Labute approximate surface area is 222 Å².